The predicted octanol–water partition coefficient (Wildman–Crippen LogP) is 3.16. The number of ether oxygens (including phenoxy) is 1. The summed E-state index contributed by atoms with van der Waals surface area (Å²) in [4.78, 5) is 0. The van der Waals surface area contributed by atoms with Crippen molar-refractivity contribution >= 4 is 0 Å². The van der Waals surface area contributed by atoms with Gasteiger partial charge in [0.1, 0.15) is 5.75 Å². The summed E-state index contributed by atoms with van der Waals surface area (Å²) in [6.45, 7) is 6.70. The average Bonchev–Trinajstić information content (AvgIpc) is 2.41. The molecule has 0 bridgehead atoms. The van der Waals surface area contributed by atoms with Crippen LogP contribution in [0.25, 0.3) is 0 Å². The summed E-state index contributed by atoms with van der Waals surface area (Å²) in [6, 6.07) is 8.05. The van der Waals surface area contributed by atoms with E-state index >= 15 is 0 Å². The molecule has 0 amide bonds. The number of hydrogen-bond acceptors (Lipinski definition) is 4. The molecular weight excluding hydrogens is 238 g/mol. The van der Waals surface area contributed by atoms with Crippen LogP contribution in [0.2, 0.25) is 0 Å². The molecule has 19 heavy (non-hydrogen) atoms. The predicted molar refractivity (Wildman–Crippen MR) is 75.3 cm³/mol. The highest BCUT2D eigenvalue weighted by Gasteiger charge is 2.09. The minimum atomic E-state index is 0.383. The highest BCUT2D eigenvalue weighted by atomic mass is 16.5. The van der Waals surface area contributed by atoms with Gasteiger partial charge < -0.3 is 10.5 Å². The van der Waals surface area contributed by atoms with Gasteiger partial charge in [0.15, 0.2) is 0 Å². The lowest BCUT2D eigenvalue weighted by molar-refractivity contribution is 0.444. The Morgan fingerprint density at radius 1 is 1.26 bits per heavy atom. The Bertz CT molecular complexity index is 567. The zero-order valence-electron chi connectivity index (χ0n) is 11.6. The van der Waals surface area contributed by atoms with E-state index < -0.39 is 0 Å². The molecule has 2 rings (SSSR count). The standard InChI is InChI=1S/C15H19N3O/c1-10(2)12-5-4-11(3)14(8-12)19-15-13(9-16)6-7-17-18-15/h4-8,10H,9,16H2,1-3H3. The summed E-state index contributed by atoms with van der Waals surface area (Å²) in [5, 5.41) is 7.85. The Balaban J connectivity index is 2.34. The molecule has 0 spiro atoms. The average molecular weight is 257 g/mol. The van der Waals surface area contributed by atoms with E-state index in [0.717, 1.165) is 16.9 Å². The molecule has 0 aliphatic heterocycles. The number of aryl methyl sites for hydroxylation is 1. The highest BCUT2D eigenvalue weighted by molar-refractivity contribution is 5.40. The third kappa shape index (κ3) is 3.09. The van der Waals surface area contributed by atoms with Gasteiger partial charge in [-0.15, -0.1) is 5.10 Å². The van der Waals surface area contributed by atoms with Crippen molar-refractivity contribution in [2.24, 2.45) is 5.73 Å². The first-order chi connectivity index (χ1) is 9.11. The van der Waals surface area contributed by atoms with Gasteiger partial charge in [-0.1, -0.05) is 26.0 Å². The molecule has 0 fully saturated rings. The molecule has 4 heteroatoms. The number of nitrogens with zero attached hydrogens (tertiary/aromatic N) is 2. The van der Waals surface area contributed by atoms with Gasteiger partial charge in [-0.3, -0.25) is 0 Å². The number of nitrogens with two attached hydrogens (primary N) is 1. The quantitative estimate of drug-likeness (QED) is 0.914. The van der Waals surface area contributed by atoms with E-state index in [9.17, 15) is 0 Å². The number of benzene rings is 1. The van der Waals surface area contributed by atoms with Crippen molar-refractivity contribution in [2.45, 2.75) is 33.2 Å². The summed E-state index contributed by atoms with van der Waals surface area (Å²) < 4.78 is 5.87. The van der Waals surface area contributed by atoms with Gasteiger partial charge in [0.2, 0.25) is 5.88 Å². The van der Waals surface area contributed by atoms with Crippen LogP contribution in [0.5, 0.6) is 11.6 Å². The number of hydrogen-bond donors (Lipinski definition) is 1. The van der Waals surface area contributed by atoms with Crippen molar-refractivity contribution < 1.29 is 4.74 Å². The lowest BCUT2D eigenvalue weighted by Crippen LogP contribution is -2.03. The normalized spacial score (nSPS) is 10.8. The summed E-state index contributed by atoms with van der Waals surface area (Å²) in [6.07, 6.45) is 1.62. The fraction of sp³-hybridized carbons (Fsp3) is 0.333. The Morgan fingerprint density at radius 3 is 2.74 bits per heavy atom. The van der Waals surface area contributed by atoms with Gasteiger partial charge in [0, 0.05) is 12.1 Å². The van der Waals surface area contributed by atoms with Crippen LogP contribution in [0.3, 0.4) is 0 Å². The van der Waals surface area contributed by atoms with Gasteiger partial charge in [0.25, 0.3) is 0 Å². The van der Waals surface area contributed by atoms with Gasteiger partial charge in [-0.25, -0.2) is 0 Å². The first-order valence-corrected chi connectivity index (χ1v) is 6.41. The molecule has 1 aromatic carbocycles. The van der Waals surface area contributed by atoms with Crippen LogP contribution < -0.4 is 10.5 Å². The van der Waals surface area contributed by atoms with E-state index in [1.807, 2.05) is 13.0 Å². The molecule has 0 unspecified atom stereocenters. The summed E-state index contributed by atoms with van der Waals surface area (Å²) in [5.74, 6) is 1.74. The lowest BCUT2D eigenvalue weighted by atomic mass is 10.0. The van der Waals surface area contributed by atoms with Crippen molar-refractivity contribution in [3.8, 4) is 11.6 Å². The van der Waals surface area contributed by atoms with E-state index in [4.69, 9.17) is 10.5 Å². The zero-order valence-corrected chi connectivity index (χ0v) is 11.6. The van der Waals surface area contributed by atoms with Crippen molar-refractivity contribution in [2.75, 3.05) is 0 Å². The molecule has 0 atom stereocenters. The number of aromatic nitrogens is 2. The third-order valence-electron chi connectivity index (χ3n) is 3.07. The molecule has 1 aromatic heterocycles. The zero-order chi connectivity index (χ0) is 13.8. The van der Waals surface area contributed by atoms with E-state index in [0.29, 0.717) is 18.3 Å². The Morgan fingerprint density at radius 2 is 2.05 bits per heavy atom. The maximum atomic E-state index is 5.87. The maximum absolute atomic E-state index is 5.87. The molecule has 0 aliphatic carbocycles. The van der Waals surface area contributed by atoms with Crippen LogP contribution in [0, 0.1) is 6.92 Å². The fourth-order valence-electron chi connectivity index (χ4n) is 1.78. The molecule has 0 saturated carbocycles. The van der Waals surface area contributed by atoms with E-state index in [-0.39, 0.29) is 0 Å². The van der Waals surface area contributed by atoms with Gasteiger partial charge in [-0.2, -0.15) is 5.10 Å². The van der Waals surface area contributed by atoms with Crippen LogP contribution in [-0.4, -0.2) is 10.2 Å². The molecule has 2 N–H and O–H groups in total. The fourth-order valence-corrected chi connectivity index (χ4v) is 1.78. The van der Waals surface area contributed by atoms with Gasteiger partial charge in [0.05, 0.1) is 6.20 Å². The van der Waals surface area contributed by atoms with Crippen molar-refractivity contribution in [3.63, 3.8) is 0 Å². The Hall–Kier alpha value is -1.94. The minimum Gasteiger partial charge on any atom is -0.437 e. The molecule has 2 aromatic rings. The topological polar surface area (TPSA) is 61.0 Å². The molecule has 0 radical (unpaired) electrons. The molecule has 1 heterocycles. The maximum Gasteiger partial charge on any atom is 0.243 e. The number of rotatable bonds is 4. The summed E-state index contributed by atoms with van der Waals surface area (Å²) >= 11 is 0. The Labute approximate surface area is 113 Å². The smallest absolute Gasteiger partial charge is 0.243 e. The van der Waals surface area contributed by atoms with Crippen LogP contribution in [0.15, 0.2) is 30.5 Å². The van der Waals surface area contributed by atoms with Crippen LogP contribution in [0.4, 0.5) is 0 Å². The molecule has 100 valence electrons. The van der Waals surface area contributed by atoms with E-state index in [1.54, 1.807) is 6.20 Å². The van der Waals surface area contributed by atoms with Crippen molar-refractivity contribution in [1.29, 1.82) is 0 Å². The monoisotopic (exact) mass is 257 g/mol. The van der Waals surface area contributed by atoms with Gasteiger partial charge in [-0.05, 0) is 36.1 Å². The Kier molecular flexibility index (Phi) is 4.12. The van der Waals surface area contributed by atoms with Crippen molar-refractivity contribution in [3.05, 3.63) is 47.2 Å². The second kappa shape index (κ2) is 5.80. The largest absolute Gasteiger partial charge is 0.437 e. The van der Waals surface area contributed by atoms with Crippen LogP contribution >= 0.6 is 0 Å². The molecule has 4 nitrogen and oxygen atoms in total. The first kappa shape index (κ1) is 13.5. The SMILES string of the molecule is Cc1ccc(C(C)C)cc1Oc1nnccc1CN. The minimum absolute atomic E-state index is 0.383. The molecular formula is C15H19N3O. The van der Waals surface area contributed by atoms with Crippen LogP contribution in [-0.2, 0) is 6.54 Å². The third-order valence-corrected chi connectivity index (χ3v) is 3.07. The summed E-state index contributed by atoms with van der Waals surface area (Å²) in [7, 11) is 0. The highest BCUT2D eigenvalue weighted by Crippen LogP contribution is 2.28. The van der Waals surface area contributed by atoms with Gasteiger partial charge >= 0.3 is 0 Å². The van der Waals surface area contributed by atoms with Crippen molar-refractivity contribution in [1.82, 2.24) is 10.2 Å². The van der Waals surface area contributed by atoms with Crippen LogP contribution in [0.1, 0.15) is 36.5 Å². The summed E-state index contributed by atoms with van der Waals surface area (Å²) in [5.41, 5.74) is 8.83. The molecule has 0 aliphatic rings. The second-order valence-corrected chi connectivity index (χ2v) is 4.85. The first-order valence-electron chi connectivity index (χ1n) is 6.41. The molecule has 0 saturated heterocycles. The lowest BCUT2D eigenvalue weighted by Gasteiger charge is -2.13. The van der Waals surface area contributed by atoms with E-state index in [1.165, 1.54) is 5.56 Å². The van der Waals surface area contributed by atoms with E-state index in [2.05, 4.69) is 42.2 Å². The second-order valence-electron chi connectivity index (χ2n) is 4.85.